The third kappa shape index (κ3) is 3.97. The minimum absolute atomic E-state index is 0.133. The van der Waals surface area contributed by atoms with Gasteiger partial charge in [-0.05, 0) is 54.9 Å². The van der Waals surface area contributed by atoms with E-state index in [1.807, 2.05) is 29.2 Å². The van der Waals surface area contributed by atoms with Gasteiger partial charge >= 0.3 is 0 Å². The number of carbonyl (C=O) groups excluding carboxylic acids is 1. The van der Waals surface area contributed by atoms with E-state index in [0.717, 1.165) is 37.2 Å². The van der Waals surface area contributed by atoms with E-state index in [0.29, 0.717) is 11.3 Å². The van der Waals surface area contributed by atoms with E-state index in [2.05, 4.69) is 26.2 Å². The molecule has 1 atom stereocenters. The summed E-state index contributed by atoms with van der Waals surface area (Å²) >= 11 is 0. The Morgan fingerprint density at radius 1 is 1.19 bits per heavy atom. The Hall–Kier alpha value is -1.55. The van der Waals surface area contributed by atoms with Crippen LogP contribution in [0.5, 0.6) is 0 Å². The van der Waals surface area contributed by atoms with E-state index in [-0.39, 0.29) is 5.91 Å². The van der Waals surface area contributed by atoms with Crippen LogP contribution < -0.4 is 11.3 Å². The molecule has 1 fully saturated rings. The Labute approximate surface area is 127 Å². The first kappa shape index (κ1) is 15.8. The van der Waals surface area contributed by atoms with E-state index >= 15 is 0 Å². The van der Waals surface area contributed by atoms with Crippen molar-refractivity contribution in [2.45, 2.75) is 40.0 Å². The molecule has 1 amide bonds. The molecular weight excluding hydrogens is 262 g/mol. The lowest BCUT2D eigenvalue weighted by atomic mass is 9.77. The molecule has 1 unspecified atom stereocenters. The molecule has 1 aliphatic rings. The van der Waals surface area contributed by atoms with Crippen LogP contribution in [0.1, 0.15) is 50.4 Å². The molecule has 4 nitrogen and oxygen atoms in total. The lowest BCUT2D eigenvalue weighted by molar-refractivity contribution is 0.0755. The maximum atomic E-state index is 12.6. The number of hydrogen-bond acceptors (Lipinski definition) is 3. The summed E-state index contributed by atoms with van der Waals surface area (Å²) in [6, 6.07) is 7.35. The predicted molar refractivity (Wildman–Crippen MR) is 87.0 cm³/mol. The number of anilines is 1. The van der Waals surface area contributed by atoms with Gasteiger partial charge in [-0.15, -0.1) is 0 Å². The van der Waals surface area contributed by atoms with Crippen molar-refractivity contribution < 1.29 is 4.79 Å². The van der Waals surface area contributed by atoms with Crippen LogP contribution in [0.2, 0.25) is 0 Å². The number of amides is 1. The quantitative estimate of drug-likeness (QED) is 0.649. The highest BCUT2D eigenvalue weighted by Crippen LogP contribution is 2.34. The van der Waals surface area contributed by atoms with Crippen molar-refractivity contribution in [1.29, 1.82) is 0 Å². The molecule has 0 aromatic heterocycles. The SMILES string of the molecule is CC(C)(C)C1CCCN(C(=O)c2ccc(NN)cc2)CC1. The van der Waals surface area contributed by atoms with Crippen LogP contribution in [-0.2, 0) is 0 Å². The number of hydrogen-bond donors (Lipinski definition) is 2. The predicted octanol–water partition coefficient (Wildman–Crippen LogP) is 3.26. The summed E-state index contributed by atoms with van der Waals surface area (Å²) in [5, 5.41) is 0. The molecule has 116 valence electrons. The van der Waals surface area contributed by atoms with Crippen molar-refractivity contribution in [2.75, 3.05) is 18.5 Å². The fourth-order valence-electron chi connectivity index (χ4n) is 3.06. The zero-order valence-corrected chi connectivity index (χ0v) is 13.4. The van der Waals surface area contributed by atoms with Crippen LogP contribution in [0.4, 0.5) is 5.69 Å². The van der Waals surface area contributed by atoms with Crippen molar-refractivity contribution in [3.63, 3.8) is 0 Å². The average Bonchev–Trinajstić information content (AvgIpc) is 2.72. The van der Waals surface area contributed by atoms with Gasteiger partial charge in [0.25, 0.3) is 5.91 Å². The van der Waals surface area contributed by atoms with Gasteiger partial charge in [0.2, 0.25) is 0 Å². The Morgan fingerprint density at radius 3 is 2.43 bits per heavy atom. The van der Waals surface area contributed by atoms with Gasteiger partial charge in [-0.25, -0.2) is 0 Å². The van der Waals surface area contributed by atoms with E-state index < -0.39 is 0 Å². The summed E-state index contributed by atoms with van der Waals surface area (Å²) in [5.41, 5.74) is 4.46. The standard InChI is InChI=1S/C17H27N3O/c1-17(2,3)14-5-4-11-20(12-10-14)16(21)13-6-8-15(19-18)9-7-13/h6-9,14,19H,4-5,10-12,18H2,1-3H3. The monoisotopic (exact) mass is 289 g/mol. The normalized spacial score (nSPS) is 20.0. The van der Waals surface area contributed by atoms with Crippen LogP contribution >= 0.6 is 0 Å². The minimum atomic E-state index is 0.133. The third-order valence-corrected chi connectivity index (χ3v) is 4.54. The molecular formula is C17H27N3O. The Morgan fingerprint density at radius 2 is 1.86 bits per heavy atom. The van der Waals surface area contributed by atoms with Crippen LogP contribution in [0.25, 0.3) is 0 Å². The largest absolute Gasteiger partial charge is 0.339 e. The van der Waals surface area contributed by atoms with Gasteiger partial charge in [0.15, 0.2) is 0 Å². The van der Waals surface area contributed by atoms with Crippen molar-refractivity contribution in [3.05, 3.63) is 29.8 Å². The first-order valence-electron chi connectivity index (χ1n) is 7.78. The van der Waals surface area contributed by atoms with Gasteiger partial charge < -0.3 is 10.3 Å². The van der Waals surface area contributed by atoms with Gasteiger partial charge in [-0.3, -0.25) is 10.6 Å². The fourth-order valence-corrected chi connectivity index (χ4v) is 3.06. The number of benzene rings is 1. The molecule has 0 saturated carbocycles. The van der Waals surface area contributed by atoms with Crippen molar-refractivity contribution in [3.8, 4) is 0 Å². The summed E-state index contributed by atoms with van der Waals surface area (Å²) in [7, 11) is 0. The molecule has 0 radical (unpaired) electrons. The highest BCUT2D eigenvalue weighted by molar-refractivity contribution is 5.94. The number of nitrogens with one attached hydrogen (secondary N) is 1. The van der Waals surface area contributed by atoms with Crippen LogP contribution in [0, 0.1) is 11.3 Å². The molecule has 21 heavy (non-hydrogen) atoms. The molecule has 1 heterocycles. The number of nitrogens with zero attached hydrogens (tertiary/aromatic N) is 1. The number of likely N-dealkylation sites (tertiary alicyclic amines) is 1. The van der Waals surface area contributed by atoms with Crippen LogP contribution in [0.15, 0.2) is 24.3 Å². The maximum Gasteiger partial charge on any atom is 0.253 e. The number of rotatable bonds is 2. The smallest absolute Gasteiger partial charge is 0.253 e. The molecule has 0 aliphatic carbocycles. The van der Waals surface area contributed by atoms with Crippen LogP contribution in [-0.4, -0.2) is 23.9 Å². The lowest BCUT2D eigenvalue weighted by Crippen LogP contribution is -2.32. The highest BCUT2D eigenvalue weighted by Gasteiger charge is 2.28. The molecule has 1 saturated heterocycles. The van der Waals surface area contributed by atoms with Crippen LogP contribution in [0.3, 0.4) is 0 Å². The summed E-state index contributed by atoms with van der Waals surface area (Å²) in [6.45, 7) is 8.62. The van der Waals surface area contributed by atoms with Gasteiger partial charge in [-0.2, -0.15) is 0 Å². The fraction of sp³-hybridized carbons (Fsp3) is 0.588. The second-order valence-electron chi connectivity index (χ2n) is 7.01. The Kier molecular flexibility index (Phi) is 4.88. The number of nitrogens with two attached hydrogens (primary N) is 1. The molecule has 1 aliphatic heterocycles. The number of nitrogen functional groups attached to an aromatic ring is 1. The van der Waals surface area contributed by atoms with Gasteiger partial charge in [0.1, 0.15) is 0 Å². The zero-order chi connectivity index (χ0) is 15.5. The van der Waals surface area contributed by atoms with E-state index in [9.17, 15) is 4.79 Å². The minimum Gasteiger partial charge on any atom is -0.339 e. The number of hydrazine groups is 1. The van der Waals surface area contributed by atoms with E-state index in [1.165, 1.54) is 6.42 Å². The van der Waals surface area contributed by atoms with Crippen molar-refractivity contribution in [1.82, 2.24) is 4.90 Å². The summed E-state index contributed by atoms with van der Waals surface area (Å²) in [5.74, 6) is 6.18. The average molecular weight is 289 g/mol. The van der Waals surface area contributed by atoms with Gasteiger partial charge in [0.05, 0.1) is 0 Å². The molecule has 2 rings (SSSR count). The summed E-state index contributed by atoms with van der Waals surface area (Å²) < 4.78 is 0. The molecule has 0 spiro atoms. The summed E-state index contributed by atoms with van der Waals surface area (Å²) in [4.78, 5) is 14.6. The molecule has 1 aromatic carbocycles. The Bertz CT molecular complexity index is 476. The molecule has 0 bridgehead atoms. The van der Waals surface area contributed by atoms with E-state index in [1.54, 1.807) is 0 Å². The van der Waals surface area contributed by atoms with Crippen molar-refractivity contribution >= 4 is 11.6 Å². The Balaban J connectivity index is 2.02. The van der Waals surface area contributed by atoms with Gasteiger partial charge in [-0.1, -0.05) is 20.8 Å². The van der Waals surface area contributed by atoms with E-state index in [4.69, 9.17) is 5.84 Å². The van der Waals surface area contributed by atoms with Crippen molar-refractivity contribution in [2.24, 2.45) is 17.2 Å². The highest BCUT2D eigenvalue weighted by atomic mass is 16.2. The first-order valence-corrected chi connectivity index (χ1v) is 7.78. The second-order valence-corrected chi connectivity index (χ2v) is 7.01. The topological polar surface area (TPSA) is 58.4 Å². The number of carbonyl (C=O) groups is 1. The second kappa shape index (κ2) is 6.48. The lowest BCUT2D eigenvalue weighted by Gasteiger charge is -2.29. The molecule has 3 N–H and O–H groups in total. The third-order valence-electron chi connectivity index (χ3n) is 4.54. The first-order chi connectivity index (χ1) is 9.91. The molecule has 1 aromatic rings. The van der Waals surface area contributed by atoms with Gasteiger partial charge in [0, 0.05) is 24.3 Å². The molecule has 4 heteroatoms. The summed E-state index contributed by atoms with van der Waals surface area (Å²) in [6.07, 6.45) is 3.40. The maximum absolute atomic E-state index is 12.6. The zero-order valence-electron chi connectivity index (χ0n) is 13.4.